The number of rotatable bonds is 5. The van der Waals surface area contributed by atoms with Crippen molar-refractivity contribution in [3.05, 3.63) is 83.4 Å². The fourth-order valence-corrected chi connectivity index (χ4v) is 4.06. The number of hydrogen-bond acceptors (Lipinski definition) is 3. The highest BCUT2D eigenvalue weighted by Gasteiger charge is 2.28. The normalized spacial score (nSPS) is 17.0. The van der Waals surface area contributed by atoms with Crippen LogP contribution in [0.15, 0.2) is 60.8 Å². The van der Waals surface area contributed by atoms with E-state index in [1.165, 1.54) is 17.8 Å². The molecule has 4 nitrogen and oxygen atoms in total. The van der Waals surface area contributed by atoms with Gasteiger partial charge in [-0.3, -0.25) is 4.90 Å². The number of nitrogens with zero attached hydrogens (tertiary/aromatic N) is 2. The topological polar surface area (TPSA) is 26.6 Å². The molecule has 0 saturated heterocycles. The maximum absolute atomic E-state index is 13.5. The average Bonchev–Trinajstić information content (AvgIpc) is 3.10. The molecule has 0 bridgehead atoms. The molecule has 4 rings (SSSR count). The quantitative estimate of drug-likeness (QED) is 0.645. The van der Waals surface area contributed by atoms with E-state index in [0.717, 1.165) is 42.1 Å². The third kappa shape index (κ3) is 3.62. The molecule has 2 aromatic carbocycles. The fourth-order valence-electron chi connectivity index (χ4n) is 4.06. The molecule has 0 N–H and O–H groups in total. The van der Waals surface area contributed by atoms with E-state index < -0.39 is 0 Å². The second-order valence-electron chi connectivity index (χ2n) is 7.08. The van der Waals surface area contributed by atoms with Crippen LogP contribution in [-0.2, 0) is 13.1 Å². The van der Waals surface area contributed by atoms with Crippen molar-refractivity contribution in [2.45, 2.75) is 25.6 Å². The number of halogens is 1. The summed E-state index contributed by atoms with van der Waals surface area (Å²) in [4.78, 5) is 2.43. The maximum Gasteiger partial charge on any atom is 0.123 e. The summed E-state index contributed by atoms with van der Waals surface area (Å²) in [6.07, 6.45) is 3.17. The van der Waals surface area contributed by atoms with Gasteiger partial charge in [0.25, 0.3) is 0 Å². The molecule has 0 radical (unpaired) electrons. The van der Waals surface area contributed by atoms with Crippen molar-refractivity contribution in [1.29, 1.82) is 0 Å². The van der Waals surface area contributed by atoms with Crippen molar-refractivity contribution < 1.29 is 13.9 Å². The molecular formula is C23H25FN2O2. The highest BCUT2D eigenvalue weighted by Crippen LogP contribution is 2.35. The zero-order chi connectivity index (χ0) is 19.5. The van der Waals surface area contributed by atoms with Gasteiger partial charge in [-0.1, -0.05) is 12.1 Å². The summed E-state index contributed by atoms with van der Waals surface area (Å²) >= 11 is 0. The van der Waals surface area contributed by atoms with Crippen LogP contribution in [0.5, 0.6) is 11.5 Å². The zero-order valence-corrected chi connectivity index (χ0v) is 16.3. The lowest BCUT2D eigenvalue weighted by atomic mass is 10.0. The molecule has 2 heterocycles. The number of benzene rings is 2. The Labute approximate surface area is 165 Å². The lowest BCUT2D eigenvalue weighted by molar-refractivity contribution is 0.217. The molecule has 5 heteroatoms. The molecule has 0 amide bonds. The van der Waals surface area contributed by atoms with Crippen molar-refractivity contribution in [2.75, 3.05) is 20.8 Å². The zero-order valence-electron chi connectivity index (χ0n) is 16.3. The van der Waals surface area contributed by atoms with Gasteiger partial charge in [-0.05, 0) is 54.4 Å². The van der Waals surface area contributed by atoms with Crippen LogP contribution in [0.1, 0.15) is 29.3 Å². The minimum absolute atomic E-state index is 0.0500. The van der Waals surface area contributed by atoms with E-state index in [4.69, 9.17) is 9.47 Å². The Bertz CT molecular complexity index is 936. The molecule has 0 aliphatic carbocycles. The number of fused-ring (bicyclic) bond motifs is 1. The van der Waals surface area contributed by atoms with E-state index in [1.807, 2.05) is 30.3 Å². The molecule has 1 unspecified atom stereocenters. The third-order valence-corrected chi connectivity index (χ3v) is 5.40. The van der Waals surface area contributed by atoms with E-state index >= 15 is 0 Å². The molecule has 0 saturated carbocycles. The first-order valence-electron chi connectivity index (χ1n) is 9.55. The van der Waals surface area contributed by atoms with Crippen LogP contribution in [-0.4, -0.2) is 30.2 Å². The van der Waals surface area contributed by atoms with Gasteiger partial charge in [0.15, 0.2) is 0 Å². The SMILES string of the molecule is COc1ccc(OC)c(CN2CCCn3cccc3C2c2ccc(F)cc2)c1. The van der Waals surface area contributed by atoms with Crippen LogP contribution in [0.2, 0.25) is 0 Å². The molecule has 0 spiro atoms. The molecular weight excluding hydrogens is 355 g/mol. The molecule has 1 aromatic heterocycles. The summed E-state index contributed by atoms with van der Waals surface area (Å²) in [7, 11) is 3.36. The molecule has 3 aromatic rings. The van der Waals surface area contributed by atoms with E-state index in [0.29, 0.717) is 6.54 Å². The molecule has 1 atom stereocenters. The van der Waals surface area contributed by atoms with Crippen molar-refractivity contribution in [3.63, 3.8) is 0 Å². The predicted octanol–water partition coefficient (Wildman–Crippen LogP) is 4.64. The lowest BCUT2D eigenvalue weighted by Gasteiger charge is -2.31. The molecule has 146 valence electrons. The summed E-state index contributed by atoms with van der Waals surface area (Å²) in [6, 6.07) is 17.0. The third-order valence-electron chi connectivity index (χ3n) is 5.40. The first kappa shape index (κ1) is 18.6. The van der Waals surface area contributed by atoms with Crippen molar-refractivity contribution >= 4 is 0 Å². The smallest absolute Gasteiger partial charge is 0.123 e. The lowest BCUT2D eigenvalue weighted by Crippen LogP contribution is -2.29. The first-order chi connectivity index (χ1) is 13.7. The van der Waals surface area contributed by atoms with Gasteiger partial charge in [-0.15, -0.1) is 0 Å². The van der Waals surface area contributed by atoms with Crippen molar-refractivity contribution in [1.82, 2.24) is 9.47 Å². The van der Waals surface area contributed by atoms with E-state index in [-0.39, 0.29) is 11.9 Å². The van der Waals surface area contributed by atoms with Crippen LogP contribution in [0.4, 0.5) is 4.39 Å². The van der Waals surface area contributed by atoms with Crippen LogP contribution in [0, 0.1) is 5.82 Å². The van der Waals surface area contributed by atoms with Crippen LogP contribution in [0.25, 0.3) is 0 Å². The van der Waals surface area contributed by atoms with Gasteiger partial charge in [-0.2, -0.15) is 0 Å². The summed E-state index contributed by atoms with van der Waals surface area (Å²) < 4.78 is 26.9. The van der Waals surface area contributed by atoms with Crippen LogP contribution >= 0.6 is 0 Å². The number of aromatic nitrogens is 1. The van der Waals surface area contributed by atoms with Gasteiger partial charge < -0.3 is 14.0 Å². The number of aryl methyl sites for hydroxylation is 1. The van der Waals surface area contributed by atoms with Crippen molar-refractivity contribution in [3.8, 4) is 11.5 Å². The second-order valence-corrected chi connectivity index (χ2v) is 7.08. The molecule has 28 heavy (non-hydrogen) atoms. The predicted molar refractivity (Wildman–Crippen MR) is 107 cm³/mol. The number of hydrogen-bond donors (Lipinski definition) is 0. The van der Waals surface area contributed by atoms with Crippen LogP contribution < -0.4 is 9.47 Å². The Morgan fingerprint density at radius 2 is 1.82 bits per heavy atom. The average molecular weight is 380 g/mol. The van der Waals surface area contributed by atoms with Gasteiger partial charge in [0, 0.05) is 37.1 Å². The van der Waals surface area contributed by atoms with E-state index in [2.05, 4.69) is 27.8 Å². The van der Waals surface area contributed by atoms with Gasteiger partial charge in [-0.25, -0.2) is 4.39 Å². The Kier molecular flexibility index (Phi) is 5.35. The molecule has 1 aliphatic heterocycles. The minimum Gasteiger partial charge on any atom is -0.497 e. The Morgan fingerprint density at radius 3 is 2.57 bits per heavy atom. The Morgan fingerprint density at radius 1 is 1.00 bits per heavy atom. The molecule has 0 fully saturated rings. The fraction of sp³-hybridized carbons (Fsp3) is 0.304. The summed E-state index contributed by atoms with van der Waals surface area (Å²) in [6.45, 7) is 2.63. The Balaban J connectivity index is 1.75. The van der Waals surface area contributed by atoms with Gasteiger partial charge in [0.2, 0.25) is 0 Å². The van der Waals surface area contributed by atoms with Gasteiger partial charge in [0.05, 0.1) is 20.3 Å². The minimum atomic E-state index is -0.214. The number of methoxy groups -OCH3 is 2. The van der Waals surface area contributed by atoms with E-state index in [1.54, 1.807) is 14.2 Å². The van der Waals surface area contributed by atoms with E-state index in [9.17, 15) is 4.39 Å². The first-order valence-corrected chi connectivity index (χ1v) is 9.55. The van der Waals surface area contributed by atoms with Gasteiger partial charge >= 0.3 is 0 Å². The summed E-state index contributed by atoms with van der Waals surface area (Å²) in [5.41, 5.74) is 3.39. The Hall–Kier alpha value is -2.79. The molecule has 1 aliphatic rings. The van der Waals surface area contributed by atoms with Crippen molar-refractivity contribution in [2.24, 2.45) is 0 Å². The highest BCUT2D eigenvalue weighted by atomic mass is 19.1. The van der Waals surface area contributed by atoms with Gasteiger partial charge in [0.1, 0.15) is 17.3 Å². The summed E-state index contributed by atoms with van der Waals surface area (Å²) in [5, 5.41) is 0. The monoisotopic (exact) mass is 380 g/mol. The highest BCUT2D eigenvalue weighted by molar-refractivity contribution is 5.41. The van der Waals surface area contributed by atoms with Crippen LogP contribution in [0.3, 0.4) is 0 Å². The summed E-state index contributed by atoms with van der Waals surface area (Å²) in [5.74, 6) is 1.44. The largest absolute Gasteiger partial charge is 0.497 e. The maximum atomic E-state index is 13.5. The standard InChI is InChI=1S/C23H25FN2O2/c1-27-20-10-11-22(28-2)18(15-20)16-26-14-4-13-25-12-3-5-21(25)23(26)17-6-8-19(24)9-7-17/h3,5-12,15,23H,4,13-14,16H2,1-2H3. The second kappa shape index (κ2) is 8.07. The number of ether oxygens (including phenoxy) is 2.